The van der Waals surface area contributed by atoms with Gasteiger partial charge in [0.25, 0.3) is 0 Å². The van der Waals surface area contributed by atoms with Crippen molar-refractivity contribution in [3.63, 3.8) is 0 Å². The van der Waals surface area contributed by atoms with Crippen molar-refractivity contribution in [1.29, 1.82) is 0 Å². The third-order valence-corrected chi connectivity index (χ3v) is 5.07. The summed E-state index contributed by atoms with van der Waals surface area (Å²) in [5.41, 5.74) is -0.822. The van der Waals surface area contributed by atoms with Gasteiger partial charge in [0, 0.05) is 6.20 Å². The molecule has 1 fully saturated rings. The van der Waals surface area contributed by atoms with E-state index in [1.54, 1.807) is 20.8 Å². The normalized spacial score (nSPS) is 16.0. The first kappa shape index (κ1) is 19.1. The molecule has 0 radical (unpaired) electrons. The monoisotopic (exact) mass is 371 g/mol. The second kappa shape index (κ2) is 6.95. The minimum atomic E-state index is -3.56. The van der Waals surface area contributed by atoms with E-state index < -0.39 is 38.7 Å². The van der Waals surface area contributed by atoms with E-state index in [4.69, 9.17) is 4.74 Å². The minimum absolute atomic E-state index is 0.00963. The maximum absolute atomic E-state index is 12.4. The SMILES string of the molecule is COC(=O)C(C(=O)OC(C)(C)C)c1ccnc(NS(=O)(=O)C2CC2)n1. The Bertz CT molecular complexity index is 768. The quantitative estimate of drug-likeness (QED) is 0.579. The number of rotatable bonds is 6. The van der Waals surface area contributed by atoms with Gasteiger partial charge in [-0.15, -0.1) is 0 Å². The average Bonchev–Trinajstić information content (AvgIpc) is 3.30. The number of carbonyl (C=O) groups excluding carboxylic acids is 2. The van der Waals surface area contributed by atoms with E-state index >= 15 is 0 Å². The lowest BCUT2D eigenvalue weighted by Crippen LogP contribution is -2.32. The lowest BCUT2D eigenvalue weighted by molar-refractivity contribution is -0.163. The number of hydrogen-bond donors (Lipinski definition) is 1. The number of ether oxygens (including phenoxy) is 2. The maximum Gasteiger partial charge on any atom is 0.327 e. The fourth-order valence-corrected chi connectivity index (χ4v) is 3.26. The molecule has 9 nitrogen and oxygen atoms in total. The van der Waals surface area contributed by atoms with E-state index in [0.29, 0.717) is 12.8 Å². The average molecular weight is 371 g/mol. The maximum atomic E-state index is 12.4. The van der Waals surface area contributed by atoms with Crippen molar-refractivity contribution in [3.8, 4) is 0 Å². The molecule has 0 spiro atoms. The van der Waals surface area contributed by atoms with Gasteiger partial charge in [0.05, 0.1) is 18.1 Å². The second-order valence-electron chi connectivity index (χ2n) is 6.64. The van der Waals surface area contributed by atoms with Gasteiger partial charge in [-0.2, -0.15) is 0 Å². The molecule has 1 heterocycles. The van der Waals surface area contributed by atoms with Crippen LogP contribution in [-0.4, -0.2) is 48.3 Å². The van der Waals surface area contributed by atoms with Gasteiger partial charge in [-0.25, -0.2) is 18.4 Å². The highest BCUT2D eigenvalue weighted by atomic mass is 32.2. The minimum Gasteiger partial charge on any atom is -0.468 e. The van der Waals surface area contributed by atoms with Crippen LogP contribution in [0.2, 0.25) is 0 Å². The number of carbonyl (C=O) groups is 2. The van der Waals surface area contributed by atoms with Crippen LogP contribution in [0.25, 0.3) is 0 Å². The van der Waals surface area contributed by atoms with Gasteiger partial charge in [0.15, 0.2) is 5.92 Å². The van der Waals surface area contributed by atoms with E-state index in [-0.39, 0.29) is 11.6 Å². The van der Waals surface area contributed by atoms with Gasteiger partial charge >= 0.3 is 11.9 Å². The Labute approximate surface area is 146 Å². The molecular weight excluding hydrogens is 350 g/mol. The zero-order valence-electron chi connectivity index (χ0n) is 14.5. The summed E-state index contributed by atoms with van der Waals surface area (Å²) in [5, 5.41) is -0.456. The summed E-state index contributed by atoms with van der Waals surface area (Å²) < 4.78 is 36.1. The number of hydrogen-bond acceptors (Lipinski definition) is 8. The molecule has 138 valence electrons. The fraction of sp³-hybridized carbons (Fsp3) is 0.600. The number of aromatic nitrogens is 2. The lowest BCUT2D eigenvalue weighted by Gasteiger charge is -2.22. The molecule has 10 heteroatoms. The smallest absolute Gasteiger partial charge is 0.327 e. The van der Waals surface area contributed by atoms with E-state index in [1.807, 2.05) is 0 Å². The summed E-state index contributed by atoms with van der Waals surface area (Å²) in [7, 11) is -2.43. The molecule has 1 N–H and O–H groups in total. The first-order valence-electron chi connectivity index (χ1n) is 7.69. The van der Waals surface area contributed by atoms with E-state index in [1.165, 1.54) is 12.3 Å². The van der Waals surface area contributed by atoms with Crippen molar-refractivity contribution in [2.45, 2.75) is 50.4 Å². The summed E-state index contributed by atoms with van der Waals surface area (Å²) in [6.45, 7) is 4.98. The van der Waals surface area contributed by atoms with Gasteiger partial charge in [0.2, 0.25) is 16.0 Å². The molecule has 0 aliphatic heterocycles. The molecule has 1 saturated carbocycles. The largest absolute Gasteiger partial charge is 0.468 e. The molecule has 1 aliphatic rings. The lowest BCUT2D eigenvalue weighted by atomic mass is 10.1. The van der Waals surface area contributed by atoms with Crippen molar-refractivity contribution < 1.29 is 27.5 Å². The van der Waals surface area contributed by atoms with Crippen LogP contribution in [0.1, 0.15) is 45.2 Å². The highest BCUT2D eigenvalue weighted by molar-refractivity contribution is 7.93. The summed E-state index contributed by atoms with van der Waals surface area (Å²) in [5.74, 6) is -3.34. The molecule has 0 bridgehead atoms. The van der Waals surface area contributed by atoms with Crippen LogP contribution in [-0.2, 0) is 29.1 Å². The Morgan fingerprint density at radius 2 is 1.92 bits per heavy atom. The number of esters is 2. The number of nitrogens with zero attached hydrogens (tertiary/aromatic N) is 2. The van der Waals surface area contributed by atoms with E-state index in [2.05, 4.69) is 19.4 Å². The highest BCUT2D eigenvalue weighted by Crippen LogP contribution is 2.29. The molecule has 2 rings (SSSR count). The van der Waals surface area contributed by atoms with Crippen LogP contribution < -0.4 is 4.72 Å². The summed E-state index contributed by atoms with van der Waals surface area (Å²) in [6.07, 6.45) is 2.42. The molecule has 0 aromatic carbocycles. The van der Waals surface area contributed by atoms with Gasteiger partial charge in [-0.05, 0) is 39.7 Å². The van der Waals surface area contributed by atoms with Crippen LogP contribution in [0.4, 0.5) is 5.95 Å². The topological polar surface area (TPSA) is 125 Å². The van der Waals surface area contributed by atoms with Crippen molar-refractivity contribution in [2.75, 3.05) is 11.8 Å². The standard InChI is InChI=1S/C15H21N3O6S/c1-15(2,3)24-13(20)11(12(19)23-4)10-7-8-16-14(17-10)18-25(21,22)9-5-6-9/h7-9,11H,5-6H2,1-4H3,(H,16,17,18). The van der Waals surface area contributed by atoms with Crippen molar-refractivity contribution in [3.05, 3.63) is 18.0 Å². The predicted molar refractivity (Wildman–Crippen MR) is 88.2 cm³/mol. The Hall–Kier alpha value is -2.23. The second-order valence-corrected chi connectivity index (χ2v) is 8.60. The highest BCUT2D eigenvalue weighted by Gasteiger charge is 2.38. The van der Waals surface area contributed by atoms with Gasteiger partial charge in [-0.3, -0.25) is 14.3 Å². The first-order valence-corrected chi connectivity index (χ1v) is 9.23. The van der Waals surface area contributed by atoms with Gasteiger partial charge in [-0.1, -0.05) is 0 Å². The van der Waals surface area contributed by atoms with Crippen LogP contribution in [0.3, 0.4) is 0 Å². The third kappa shape index (κ3) is 5.12. The molecule has 1 aliphatic carbocycles. The molecule has 0 saturated heterocycles. The molecule has 1 aromatic heterocycles. The summed E-state index contributed by atoms with van der Waals surface area (Å²) >= 11 is 0. The third-order valence-electron chi connectivity index (χ3n) is 3.25. The van der Waals surface area contributed by atoms with Crippen LogP contribution in [0.5, 0.6) is 0 Å². The predicted octanol–water partition coefficient (Wildman–Crippen LogP) is 0.979. The molecule has 1 aromatic rings. The molecular formula is C15H21N3O6S. The number of methoxy groups -OCH3 is 1. The van der Waals surface area contributed by atoms with Crippen molar-refractivity contribution in [1.82, 2.24) is 9.97 Å². The van der Waals surface area contributed by atoms with E-state index in [0.717, 1.165) is 7.11 Å². The fourth-order valence-electron chi connectivity index (χ4n) is 1.99. The molecule has 1 unspecified atom stereocenters. The number of sulfonamides is 1. The summed E-state index contributed by atoms with van der Waals surface area (Å²) in [4.78, 5) is 32.2. The van der Waals surface area contributed by atoms with Crippen molar-refractivity contribution >= 4 is 27.9 Å². The molecule has 1 atom stereocenters. The number of anilines is 1. The van der Waals surface area contributed by atoms with E-state index in [9.17, 15) is 18.0 Å². The van der Waals surface area contributed by atoms with Crippen LogP contribution in [0, 0.1) is 0 Å². The Morgan fingerprint density at radius 1 is 1.28 bits per heavy atom. The molecule has 0 amide bonds. The van der Waals surface area contributed by atoms with Crippen LogP contribution >= 0.6 is 0 Å². The van der Waals surface area contributed by atoms with Crippen LogP contribution in [0.15, 0.2) is 12.3 Å². The number of nitrogens with one attached hydrogen (secondary N) is 1. The zero-order chi connectivity index (χ0) is 18.8. The zero-order valence-corrected chi connectivity index (χ0v) is 15.3. The Kier molecular flexibility index (Phi) is 5.31. The Morgan fingerprint density at radius 3 is 2.44 bits per heavy atom. The van der Waals surface area contributed by atoms with Gasteiger partial charge in [0.1, 0.15) is 5.60 Å². The Balaban J connectivity index is 2.29. The first-order chi connectivity index (χ1) is 11.5. The van der Waals surface area contributed by atoms with Gasteiger partial charge < -0.3 is 9.47 Å². The summed E-state index contributed by atoms with van der Waals surface area (Å²) in [6, 6.07) is 1.33. The molecule has 25 heavy (non-hydrogen) atoms. The van der Waals surface area contributed by atoms with Crippen molar-refractivity contribution in [2.24, 2.45) is 0 Å².